The predicted octanol–water partition coefficient (Wildman–Crippen LogP) is 2.31. The molecule has 66 valence electrons. The monoisotopic (exact) mass is 193 g/mol. The molecule has 0 spiro atoms. The second-order valence-electron chi connectivity index (χ2n) is 2.70. The van der Waals surface area contributed by atoms with Crippen LogP contribution in [0, 0.1) is 0 Å². The standard InChI is InChI=1S/C9H8ClN3/c10-6-1-2-8(11)7(5-6)9-3-4-12-13-9/h1-5H,11H2,(H,12,13). The zero-order valence-electron chi connectivity index (χ0n) is 6.79. The number of halogens is 1. The average molecular weight is 194 g/mol. The summed E-state index contributed by atoms with van der Waals surface area (Å²) in [5.74, 6) is 0. The van der Waals surface area contributed by atoms with Gasteiger partial charge in [0.15, 0.2) is 0 Å². The van der Waals surface area contributed by atoms with Gasteiger partial charge in [0, 0.05) is 22.5 Å². The summed E-state index contributed by atoms with van der Waals surface area (Å²) in [5, 5.41) is 7.34. The Kier molecular flexibility index (Phi) is 1.94. The van der Waals surface area contributed by atoms with Crippen molar-refractivity contribution in [3.05, 3.63) is 35.5 Å². The van der Waals surface area contributed by atoms with Gasteiger partial charge in [-0.15, -0.1) is 0 Å². The van der Waals surface area contributed by atoms with E-state index in [4.69, 9.17) is 17.3 Å². The quantitative estimate of drug-likeness (QED) is 0.683. The number of H-pyrrole nitrogens is 1. The molecule has 0 unspecified atom stereocenters. The first-order valence-corrected chi connectivity index (χ1v) is 4.20. The fourth-order valence-electron chi connectivity index (χ4n) is 1.17. The van der Waals surface area contributed by atoms with Crippen LogP contribution in [0.15, 0.2) is 30.5 Å². The van der Waals surface area contributed by atoms with Gasteiger partial charge in [-0.25, -0.2) is 0 Å². The summed E-state index contributed by atoms with van der Waals surface area (Å²) >= 11 is 5.84. The summed E-state index contributed by atoms with van der Waals surface area (Å²) in [6, 6.07) is 7.20. The topological polar surface area (TPSA) is 54.7 Å². The number of hydrogen-bond acceptors (Lipinski definition) is 2. The Morgan fingerprint density at radius 1 is 1.31 bits per heavy atom. The summed E-state index contributed by atoms with van der Waals surface area (Å²) in [4.78, 5) is 0. The van der Waals surface area contributed by atoms with Crippen molar-refractivity contribution in [3.63, 3.8) is 0 Å². The van der Waals surface area contributed by atoms with Crippen LogP contribution in [0.4, 0.5) is 5.69 Å². The number of hydrogen-bond donors (Lipinski definition) is 2. The molecular weight excluding hydrogens is 186 g/mol. The van der Waals surface area contributed by atoms with Crippen molar-refractivity contribution >= 4 is 17.3 Å². The summed E-state index contributed by atoms with van der Waals surface area (Å²) in [7, 11) is 0. The van der Waals surface area contributed by atoms with Crippen LogP contribution in [0.2, 0.25) is 5.02 Å². The molecule has 0 aliphatic heterocycles. The van der Waals surface area contributed by atoms with Crippen molar-refractivity contribution in [2.75, 3.05) is 5.73 Å². The van der Waals surface area contributed by atoms with Crippen molar-refractivity contribution in [1.82, 2.24) is 10.2 Å². The van der Waals surface area contributed by atoms with Crippen LogP contribution in [0.3, 0.4) is 0 Å². The molecule has 1 aromatic carbocycles. The fraction of sp³-hybridized carbons (Fsp3) is 0. The third kappa shape index (κ3) is 1.51. The van der Waals surface area contributed by atoms with E-state index in [1.807, 2.05) is 12.1 Å². The van der Waals surface area contributed by atoms with E-state index in [1.54, 1.807) is 18.3 Å². The third-order valence-electron chi connectivity index (χ3n) is 1.81. The minimum absolute atomic E-state index is 0.666. The van der Waals surface area contributed by atoms with Crippen molar-refractivity contribution in [3.8, 4) is 11.3 Å². The summed E-state index contributed by atoms with van der Waals surface area (Å²) in [5.41, 5.74) is 8.22. The van der Waals surface area contributed by atoms with Gasteiger partial charge in [-0.2, -0.15) is 5.10 Å². The van der Waals surface area contributed by atoms with Gasteiger partial charge in [0.2, 0.25) is 0 Å². The van der Waals surface area contributed by atoms with Gasteiger partial charge in [-0.3, -0.25) is 5.10 Å². The van der Waals surface area contributed by atoms with Crippen molar-refractivity contribution in [2.45, 2.75) is 0 Å². The maximum atomic E-state index is 5.84. The van der Waals surface area contributed by atoms with E-state index in [0.717, 1.165) is 11.3 Å². The number of aromatic amines is 1. The lowest BCUT2D eigenvalue weighted by Crippen LogP contribution is -1.89. The number of aromatic nitrogens is 2. The Labute approximate surface area is 80.5 Å². The molecule has 0 radical (unpaired) electrons. The first kappa shape index (κ1) is 8.13. The Hall–Kier alpha value is -1.48. The van der Waals surface area contributed by atoms with Crippen LogP contribution in [0.5, 0.6) is 0 Å². The highest BCUT2D eigenvalue weighted by atomic mass is 35.5. The Bertz CT molecular complexity index is 409. The van der Waals surface area contributed by atoms with Crippen molar-refractivity contribution in [2.24, 2.45) is 0 Å². The van der Waals surface area contributed by atoms with Gasteiger partial charge in [0.25, 0.3) is 0 Å². The first-order chi connectivity index (χ1) is 6.27. The average Bonchev–Trinajstić information content (AvgIpc) is 2.61. The normalized spacial score (nSPS) is 10.2. The molecule has 4 heteroatoms. The largest absolute Gasteiger partial charge is 0.398 e. The molecule has 1 aromatic heterocycles. The van der Waals surface area contributed by atoms with E-state index in [2.05, 4.69) is 10.2 Å². The van der Waals surface area contributed by atoms with E-state index in [9.17, 15) is 0 Å². The molecule has 0 aliphatic carbocycles. The number of nitrogens with two attached hydrogens (primary N) is 1. The first-order valence-electron chi connectivity index (χ1n) is 3.82. The number of rotatable bonds is 1. The molecule has 3 nitrogen and oxygen atoms in total. The maximum absolute atomic E-state index is 5.84. The lowest BCUT2D eigenvalue weighted by molar-refractivity contribution is 1.10. The zero-order valence-corrected chi connectivity index (χ0v) is 7.55. The lowest BCUT2D eigenvalue weighted by atomic mass is 10.1. The number of nitrogens with one attached hydrogen (secondary N) is 1. The van der Waals surface area contributed by atoms with Gasteiger partial charge in [0.05, 0.1) is 5.69 Å². The Balaban J connectivity index is 2.57. The van der Waals surface area contributed by atoms with E-state index >= 15 is 0 Å². The lowest BCUT2D eigenvalue weighted by Gasteiger charge is -2.02. The SMILES string of the molecule is Nc1ccc(Cl)cc1-c1ccn[nH]1. The molecular formula is C9H8ClN3. The van der Waals surface area contributed by atoms with Gasteiger partial charge in [-0.1, -0.05) is 11.6 Å². The minimum atomic E-state index is 0.666. The maximum Gasteiger partial charge on any atom is 0.0671 e. The third-order valence-corrected chi connectivity index (χ3v) is 2.04. The van der Waals surface area contributed by atoms with Crippen molar-refractivity contribution < 1.29 is 0 Å². The molecule has 1 heterocycles. The molecule has 0 saturated carbocycles. The predicted molar refractivity (Wildman–Crippen MR) is 53.4 cm³/mol. The summed E-state index contributed by atoms with van der Waals surface area (Å²) in [6.07, 6.45) is 1.68. The van der Waals surface area contributed by atoms with Crippen molar-refractivity contribution in [1.29, 1.82) is 0 Å². The molecule has 0 amide bonds. The zero-order chi connectivity index (χ0) is 9.26. The second kappa shape index (κ2) is 3.11. The van der Waals surface area contributed by atoms with Gasteiger partial charge >= 0.3 is 0 Å². The highest BCUT2D eigenvalue weighted by Gasteiger charge is 2.03. The Morgan fingerprint density at radius 3 is 2.85 bits per heavy atom. The van der Waals surface area contributed by atoms with Crippen LogP contribution < -0.4 is 5.73 Å². The molecule has 0 atom stereocenters. The molecule has 2 aromatic rings. The number of nitrogen functional groups attached to an aromatic ring is 1. The molecule has 0 fully saturated rings. The number of nitrogens with zero attached hydrogens (tertiary/aromatic N) is 1. The van der Waals surface area contributed by atoms with Gasteiger partial charge in [0.1, 0.15) is 0 Å². The highest BCUT2D eigenvalue weighted by molar-refractivity contribution is 6.31. The van der Waals surface area contributed by atoms with E-state index in [1.165, 1.54) is 0 Å². The molecule has 0 aliphatic rings. The van der Waals surface area contributed by atoms with Crippen LogP contribution in [-0.2, 0) is 0 Å². The Morgan fingerprint density at radius 2 is 2.15 bits per heavy atom. The summed E-state index contributed by atoms with van der Waals surface area (Å²) < 4.78 is 0. The number of benzene rings is 1. The van der Waals surface area contributed by atoms with Gasteiger partial charge < -0.3 is 5.73 Å². The van der Waals surface area contributed by atoms with E-state index in [-0.39, 0.29) is 0 Å². The molecule has 0 bridgehead atoms. The van der Waals surface area contributed by atoms with E-state index < -0.39 is 0 Å². The summed E-state index contributed by atoms with van der Waals surface area (Å²) in [6.45, 7) is 0. The second-order valence-corrected chi connectivity index (χ2v) is 3.14. The molecule has 13 heavy (non-hydrogen) atoms. The van der Waals surface area contributed by atoms with Crippen LogP contribution in [0.25, 0.3) is 11.3 Å². The minimum Gasteiger partial charge on any atom is -0.398 e. The highest BCUT2D eigenvalue weighted by Crippen LogP contribution is 2.26. The van der Waals surface area contributed by atoms with Gasteiger partial charge in [-0.05, 0) is 24.3 Å². The van der Waals surface area contributed by atoms with Crippen LogP contribution >= 0.6 is 11.6 Å². The smallest absolute Gasteiger partial charge is 0.0671 e. The van der Waals surface area contributed by atoms with Crippen LogP contribution in [0.1, 0.15) is 0 Å². The fourth-order valence-corrected chi connectivity index (χ4v) is 1.34. The molecule has 3 N–H and O–H groups in total. The van der Waals surface area contributed by atoms with E-state index in [0.29, 0.717) is 10.7 Å². The molecule has 0 saturated heterocycles. The van der Waals surface area contributed by atoms with Crippen LogP contribution in [-0.4, -0.2) is 10.2 Å². The number of anilines is 1. The molecule has 2 rings (SSSR count).